The fraction of sp³-hybridized carbons (Fsp3) is 0.714. The lowest BCUT2D eigenvalue weighted by Crippen LogP contribution is -2.45. The van der Waals surface area contributed by atoms with E-state index in [1.54, 1.807) is 19.5 Å². The summed E-state index contributed by atoms with van der Waals surface area (Å²) in [5, 5.41) is 3.31. The van der Waals surface area contributed by atoms with Crippen LogP contribution < -0.4 is 10.1 Å². The normalized spacial score (nSPS) is 24.2. The highest BCUT2D eigenvalue weighted by atomic mass is 16.5. The van der Waals surface area contributed by atoms with Crippen LogP contribution in [0.4, 0.5) is 5.82 Å². The number of hydrogen-bond donors (Lipinski definition) is 1. The molecule has 106 valence electrons. The smallest absolute Gasteiger partial charge is 0.257 e. The van der Waals surface area contributed by atoms with Crippen LogP contribution in [0.25, 0.3) is 0 Å². The van der Waals surface area contributed by atoms with E-state index in [0.29, 0.717) is 18.0 Å². The number of rotatable bonds is 5. The van der Waals surface area contributed by atoms with E-state index in [1.165, 1.54) is 19.3 Å². The second-order valence-corrected chi connectivity index (χ2v) is 5.21. The monoisotopic (exact) mass is 264 g/mol. The number of nitrogens with zero attached hydrogens (tertiary/aromatic N) is 3. The molecular weight excluding hydrogens is 240 g/mol. The highest BCUT2D eigenvalue weighted by Crippen LogP contribution is 2.22. The minimum atomic E-state index is 0.558. The minimum Gasteiger partial charge on any atom is -0.478 e. The first-order valence-electron chi connectivity index (χ1n) is 7.07. The molecule has 0 unspecified atom stereocenters. The summed E-state index contributed by atoms with van der Waals surface area (Å²) in [6.45, 7) is 6.53. The Kier molecular flexibility index (Phi) is 4.96. The third-order valence-electron chi connectivity index (χ3n) is 3.90. The molecule has 1 aliphatic rings. The summed E-state index contributed by atoms with van der Waals surface area (Å²) >= 11 is 0. The number of methoxy groups -OCH3 is 1. The second kappa shape index (κ2) is 6.70. The summed E-state index contributed by atoms with van der Waals surface area (Å²) in [5.41, 5.74) is 0. The number of ether oxygens (including phenoxy) is 1. The van der Waals surface area contributed by atoms with Crippen molar-refractivity contribution in [3.8, 4) is 5.88 Å². The molecule has 5 heteroatoms. The average Bonchev–Trinajstić information content (AvgIpc) is 2.42. The fourth-order valence-corrected chi connectivity index (χ4v) is 2.81. The Bertz CT molecular complexity index is 389. The van der Waals surface area contributed by atoms with Crippen LogP contribution >= 0.6 is 0 Å². The Labute approximate surface area is 115 Å². The van der Waals surface area contributed by atoms with E-state index in [2.05, 4.69) is 34.0 Å². The number of hydrogen-bond acceptors (Lipinski definition) is 5. The second-order valence-electron chi connectivity index (χ2n) is 5.21. The molecule has 5 nitrogen and oxygen atoms in total. The summed E-state index contributed by atoms with van der Waals surface area (Å²) in [6, 6.07) is 1.35. The van der Waals surface area contributed by atoms with E-state index in [0.717, 1.165) is 18.9 Å². The van der Waals surface area contributed by atoms with Gasteiger partial charge in [-0.05, 0) is 26.7 Å². The highest BCUT2D eigenvalue weighted by molar-refractivity contribution is 5.44. The highest BCUT2D eigenvalue weighted by Gasteiger charge is 2.23. The molecule has 0 spiro atoms. The summed E-state index contributed by atoms with van der Waals surface area (Å²) < 4.78 is 5.18. The minimum absolute atomic E-state index is 0.558. The molecule has 0 radical (unpaired) electrons. The molecule has 0 saturated carbocycles. The lowest BCUT2D eigenvalue weighted by molar-refractivity contribution is 0.109. The van der Waals surface area contributed by atoms with Crippen LogP contribution in [0.3, 0.4) is 0 Å². The summed E-state index contributed by atoms with van der Waals surface area (Å²) in [7, 11) is 1.62. The van der Waals surface area contributed by atoms with Gasteiger partial charge in [0.2, 0.25) is 0 Å². The van der Waals surface area contributed by atoms with Crippen molar-refractivity contribution < 1.29 is 4.74 Å². The van der Waals surface area contributed by atoms with Crippen molar-refractivity contribution in [1.82, 2.24) is 14.9 Å². The van der Waals surface area contributed by atoms with Crippen LogP contribution in [0.1, 0.15) is 33.1 Å². The Morgan fingerprint density at radius 1 is 1.26 bits per heavy atom. The largest absolute Gasteiger partial charge is 0.478 e. The van der Waals surface area contributed by atoms with Crippen LogP contribution in [-0.4, -0.2) is 47.2 Å². The number of aromatic nitrogens is 2. The van der Waals surface area contributed by atoms with Crippen molar-refractivity contribution in [3.63, 3.8) is 0 Å². The number of likely N-dealkylation sites (tertiary alicyclic amines) is 1. The van der Waals surface area contributed by atoms with Crippen LogP contribution in [0.15, 0.2) is 12.4 Å². The molecule has 1 aromatic heterocycles. The van der Waals surface area contributed by atoms with Gasteiger partial charge in [-0.2, -0.15) is 0 Å². The van der Waals surface area contributed by atoms with Gasteiger partial charge in [0.1, 0.15) is 0 Å². The molecular formula is C14H24N4O. The molecule has 1 saturated heterocycles. The molecule has 2 atom stereocenters. The maximum absolute atomic E-state index is 5.18. The standard InChI is InChI=1S/C14H24N4O/c1-11-5-4-6-12(2)18(11)10-9-16-13-14(19-3)17-8-7-15-13/h7-8,11-12H,4-6,9-10H2,1-3H3,(H,15,16)/t11-,12+. The average molecular weight is 264 g/mol. The SMILES string of the molecule is COc1nccnc1NCCN1[C@H](C)CCC[C@@H]1C. The van der Waals surface area contributed by atoms with Gasteiger partial charge in [-0.1, -0.05) is 6.42 Å². The Morgan fingerprint density at radius 3 is 2.63 bits per heavy atom. The van der Waals surface area contributed by atoms with Crippen molar-refractivity contribution in [2.45, 2.75) is 45.2 Å². The number of nitrogens with one attached hydrogen (secondary N) is 1. The van der Waals surface area contributed by atoms with E-state index in [4.69, 9.17) is 4.74 Å². The predicted molar refractivity (Wildman–Crippen MR) is 76.6 cm³/mol. The van der Waals surface area contributed by atoms with E-state index in [9.17, 15) is 0 Å². The Hall–Kier alpha value is -1.36. The first-order valence-corrected chi connectivity index (χ1v) is 7.07. The third-order valence-corrected chi connectivity index (χ3v) is 3.90. The van der Waals surface area contributed by atoms with Crippen LogP contribution in [-0.2, 0) is 0 Å². The number of piperidine rings is 1. The topological polar surface area (TPSA) is 50.3 Å². The zero-order chi connectivity index (χ0) is 13.7. The van der Waals surface area contributed by atoms with E-state index in [1.807, 2.05) is 0 Å². The van der Waals surface area contributed by atoms with Gasteiger partial charge in [0.25, 0.3) is 5.88 Å². The Balaban J connectivity index is 1.85. The van der Waals surface area contributed by atoms with E-state index < -0.39 is 0 Å². The summed E-state index contributed by atoms with van der Waals surface area (Å²) in [6.07, 6.45) is 7.28. The molecule has 0 aromatic carbocycles. The maximum Gasteiger partial charge on any atom is 0.257 e. The van der Waals surface area contributed by atoms with Gasteiger partial charge in [0, 0.05) is 37.6 Å². The lowest BCUT2D eigenvalue weighted by atomic mass is 9.98. The van der Waals surface area contributed by atoms with Gasteiger partial charge in [-0.15, -0.1) is 0 Å². The van der Waals surface area contributed by atoms with E-state index >= 15 is 0 Å². The van der Waals surface area contributed by atoms with Crippen LogP contribution in [0.2, 0.25) is 0 Å². The van der Waals surface area contributed by atoms with Gasteiger partial charge < -0.3 is 10.1 Å². The van der Waals surface area contributed by atoms with Crippen molar-refractivity contribution in [2.75, 3.05) is 25.5 Å². The van der Waals surface area contributed by atoms with Gasteiger partial charge in [0.05, 0.1) is 7.11 Å². The van der Waals surface area contributed by atoms with Crippen LogP contribution in [0.5, 0.6) is 5.88 Å². The Morgan fingerprint density at radius 2 is 1.95 bits per heavy atom. The molecule has 19 heavy (non-hydrogen) atoms. The maximum atomic E-state index is 5.18. The first-order chi connectivity index (χ1) is 9.22. The fourth-order valence-electron chi connectivity index (χ4n) is 2.81. The lowest BCUT2D eigenvalue weighted by Gasteiger charge is -2.39. The van der Waals surface area contributed by atoms with Crippen molar-refractivity contribution in [1.29, 1.82) is 0 Å². The predicted octanol–water partition coefficient (Wildman–Crippen LogP) is 2.16. The molecule has 0 bridgehead atoms. The van der Waals surface area contributed by atoms with Gasteiger partial charge in [0.15, 0.2) is 5.82 Å². The first kappa shape index (κ1) is 14.1. The zero-order valence-electron chi connectivity index (χ0n) is 12.1. The molecule has 0 aliphatic carbocycles. The molecule has 1 aliphatic heterocycles. The van der Waals surface area contributed by atoms with E-state index in [-0.39, 0.29) is 0 Å². The van der Waals surface area contributed by atoms with Crippen molar-refractivity contribution >= 4 is 5.82 Å². The van der Waals surface area contributed by atoms with Gasteiger partial charge in [-0.25, -0.2) is 9.97 Å². The van der Waals surface area contributed by atoms with Crippen LogP contribution in [0, 0.1) is 0 Å². The molecule has 0 amide bonds. The van der Waals surface area contributed by atoms with Gasteiger partial charge in [-0.3, -0.25) is 4.90 Å². The van der Waals surface area contributed by atoms with Gasteiger partial charge >= 0.3 is 0 Å². The molecule has 1 aromatic rings. The molecule has 2 rings (SSSR count). The van der Waals surface area contributed by atoms with Crippen molar-refractivity contribution in [2.24, 2.45) is 0 Å². The summed E-state index contributed by atoms with van der Waals surface area (Å²) in [4.78, 5) is 11.0. The molecule has 1 N–H and O–H groups in total. The molecule has 1 fully saturated rings. The summed E-state index contributed by atoms with van der Waals surface area (Å²) in [5.74, 6) is 1.28. The van der Waals surface area contributed by atoms with Crippen molar-refractivity contribution in [3.05, 3.63) is 12.4 Å². The quantitative estimate of drug-likeness (QED) is 0.883. The zero-order valence-corrected chi connectivity index (χ0v) is 12.1. The molecule has 2 heterocycles. The third kappa shape index (κ3) is 3.56. The number of anilines is 1.